The van der Waals surface area contributed by atoms with E-state index in [-0.39, 0.29) is 12.4 Å². The maximum Gasteiger partial charge on any atom is 0.163 e. The van der Waals surface area contributed by atoms with E-state index in [0.717, 1.165) is 71.0 Å². The average molecular weight is 399 g/mol. The summed E-state index contributed by atoms with van der Waals surface area (Å²) in [6.07, 6.45) is 11.3. The third-order valence-corrected chi connectivity index (χ3v) is 5.27. The molecule has 0 aromatic rings. The average Bonchev–Trinajstić information content (AvgIpc) is 2.61. The van der Waals surface area contributed by atoms with Crippen LogP contribution in [0.4, 0.5) is 0 Å². The number of rotatable bonds is 11. The molecule has 0 saturated carbocycles. The van der Waals surface area contributed by atoms with E-state index < -0.39 is 5.79 Å². The highest BCUT2D eigenvalue weighted by atomic mass is 16.7. The van der Waals surface area contributed by atoms with Crippen LogP contribution in [0.3, 0.4) is 0 Å². The molecule has 2 saturated heterocycles. The van der Waals surface area contributed by atoms with E-state index in [9.17, 15) is 0 Å². The second kappa shape index (κ2) is 12.1. The Bertz CT molecular complexity index is 461. The van der Waals surface area contributed by atoms with Crippen molar-refractivity contribution >= 4 is 5.71 Å². The lowest BCUT2D eigenvalue weighted by Crippen LogP contribution is -2.39. The van der Waals surface area contributed by atoms with Crippen molar-refractivity contribution in [2.24, 2.45) is 5.10 Å². The van der Waals surface area contributed by atoms with Crippen molar-refractivity contribution in [1.29, 1.82) is 0 Å². The van der Waals surface area contributed by atoms with Gasteiger partial charge in [-0.15, -0.1) is 0 Å². The van der Waals surface area contributed by atoms with Gasteiger partial charge in [-0.3, -0.25) is 0 Å². The summed E-state index contributed by atoms with van der Waals surface area (Å²) in [5.41, 5.74) is 1.28. The lowest BCUT2D eigenvalue weighted by Gasteiger charge is -2.36. The van der Waals surface area contributed by atoms with Crippen molar-refractivity contribution in [2.45, 2.75) is 109 Å². The normalized spacial score (nSPS) is 26.8. The lowest BCUT2D eigenvalue weighted by molar-refractivity contribution is -0.273. The summed E-state index contributed by atoms with van der Waals surface area (Å²) in [5, 5.41) is 6.64. The summed E-state index contributed by atoms with van der Waals surface area (Å²) in [4.78, 5) is 0. The van der Waals surface area contributed by atoms with E-state index >= 15 is 0 Å². The highest BCUT2D eigenvalue weighted by Gasteiger charge is 2.28. The molecule has 2 rings (SSSR count). The van der Waals surface area contributed by atoms with Crippen LogP contribution in [0.25, 0.3) is 0 Å². The summed E-state index contributed by atoms with van der Waals surface area (Å²) in [6.45, 7) is 7.79. The first-order valence-electron chi connectivity index (χ1n) is 11.2. The van der Waals surface area contributed by atoms with Crippen LogP contribution in [0.5, 0.6) is 0 Å². The van der Waals surface area contributed by atoms with Gasteiger partial charge in [-0.1, -0.05) is 0 Å². The quantitative estimate of drug-likeness (QED) is 0.372. The van der Waals surface area contributed by atoms with Gasteiger partial charge in [0.2, 0.25) is 0 Å². The van der Waals surface area contributed by atoms with Crippen molar-refractivity contribution < 1.29 is 18.9 Å². The maximum absolute atomic E-state index is 6.03. The standard InChI is InChI=1S/C22H42N2O4/c1-18(27-21-14-6-7-16-25-21)10-8-11-19(23-24(4)5)12-9-13-20-15-17-26-22(2,3)28-20/h18,20-21H,6-17H2,1-5H3/b23-19-/t18-,20?,21?/m1/s1. The topological polar surface area (TPSA) is 52.5 Å². The largest absolute Gasteiger partial charge is 0.353 e. The van der Waals surface area contributed by atoms with Gasteiger partial charge in [0.25, 0.3) is 0 Å². The fourth-order valence-electron chi connectivity index (χ4n) is 3.91. The van der Waals surface area contributed by atoms with Crippen molar-refractivity contribution in [3.63, 3.8) is 0 Å². The summed E-state index contributed by atoms with van der Waals surface area (Å²) in [6, 6.07) is 0. The highest BCUT2D eigenvalue weighted by molar-refractivity contribution is 5.84. The Kier molecular flexibility index (Phi) is 10.2. The minimum atomic E-state index is -0.443. The van der Waals surface area contributed by atoms with Crippen LogP contribution in [-0.4, -0.2) is 62.3 Å². The molecule has 0 N–H and O–H groups in total. The molecule has 0 aromatic carbocycles. The molecule has 0 aliphatic carbocycles. The molecule has 2 fully saturated rings. The Morgan fingerprint density at radius 2 is 1.93 bits per heavy atom. The van der Waals surface area contributed by atoms with Gasteiger partial charge in [0.1, 0.15) is 0 Å². The van der Waals surface area contributed by atoms with Crippen LogP contribution < -0.4 is 0 Å². The molecular weight excluding hydrogens is 356 g/mol. The van der Waals surface area contributed by atoms with Crippen molar-refractivity contribution in [3.8, 4) is 0 Å². The first-order chi connectivity index (χ1) is 13.3. The molecule has 0 aromatic heterocycles. The SMILES string of the molecule is C[C@H](CCC/C(CCCC1CCOC(C)(C)O1)=N/N(C)C)OC1CCCCO1. The second-order valence-corrected chi connectivity index (χ2v) is 8.82. The molecule has 0 amide bonds. The molecule has 0 bridgehead atoms. The fourth-order valence-corrected chi connectivity index (χ4v) is 3.91. The summed E-state index contributed by atoms with van der Waals surface area (Å²) in [5.74, 6) is -0.443. The van der Waals surface area contributed by atoms with Crippen LogP contribution in [0.15, 0.2) is 5.10 Å². The summed E-state index contributed by atoms with van der Waals surface area (Å²) in [7, 11) is 3.99. The minimum Gasteiger partial charge on any atom is -0.353 e. The predicted octanol–water partition coefficient (Wildman–Crippen LogP) is 4.72. The van der Waals surface area contributed by atoms with E-state index in [1.54, 1.807) is 0 Å². The van der Waals surface area contributed by atoms with Crippen LogP contribution in [0.2, 0.25) is 0 Å². The molecule has 2 aliphatic heterocycles. The Morgan fingerprint density at radius 1 is 1.14 bits per heavy atom. The molecule has 3 atom stereocenters. The molecule has 164 valence electrons. The minimum absolute atomic E-state index is 0.00221. The zero-order valence-electron chi connectivity index (χ0n) is 18.7. The van der Waals surface area contributed by atoms with E-state index in [1.807, 2.05) is 33.0 Å². The maximum atomic E-state index is 6.03. The van der Waals surface area contributed by atoms with Crippen molar-refractivity contribution in [3.05, 3.63) is 0 Å². The van der Waals surface area contributed by atoms with Crippen LogP contribution >= 0.6 is 0 Å². The smallest absolute Gasteiger partial charge is 0.163 e. The monoisotopic (exact) mass is 398 g/mol. The number of hydrazone groups is 1. The number of nitrogens with zero attached hydrogens (tertiary/aromatic N) is 2. The second-order valence-electron chi connectivity index (χ2n) is 8.82. The highest BCUT2D eigenvalue weighted by Crippen LogP contribution is 2.25. The number of hydrogen-bond acceptors (Lipinski definition) is 6. The Balaban J connectivity index is 1.66. The fraction of sp³-hybridized carbons (Fsp3) is 0.955. The van der Waals surface area contributed by atoms with E-state index in [4.69, 9.17) is 24.0 Å². The molecule has 6 nitrogen and oxygen atoms in total. The molecule has 0 radical (unpaired) electrons. The first-order valence-corrected chi connectivity index (χ1v) is 11.2. The van der Waals surface area contributed by atoms with Gasteiger partial charge in [0.05, 0.1) is 18.8 Å². The molecule has 2 unspecified atom stereocenters. The van der Waals surface area contributed by atoms with Gasteiger partial charge >= 0.3 is 0 Å². The van der Waals surface area contributed by atoms with Gasteiger partial charge in [0, 0.05) is 26.4 Å². The Morgan fingerprint density at radius 3 is 2.61 bits per heavy atom. The van der Waals surface area contributed by atoms with E-state index in [1.165, 1.54) is 12.1 Å². The van der Waals surface area contributed by atoms with Gasteiger partial charge in [0.15, 0.2) is 12.1 Å². The number of ether oxygens (including phenoxy) is 4. The van der Waals surface area contributed by atoms with Crippen molar-refractivity contribution in [1.82, 2.24) is 5.01 Å². The third-order valence-electron chi connectivity index (χ3n) is 5.27. The third kappa shape index (κ3) is 9.68. The molecule has 28 heavy (non-hydrogen) atoms. The summed E-state index contributed by atoms with van der Waals surface area (Å²) < 4.78 is 23.4. The van der Waals surface area contributed by atoms with Gasteiger partial charge in [-0.05, 0) is 85.0 Å². The zero-order chi connectivity index (χ0) is 20.4. The Labute approximate surface area is 171 Å². The van der Waals surface area contributed by atoms with Crippen LogP contribution in [0.1, 0.15) is 85.0 Å². The van der Waals surface area contributed by atoms with E-state index in [0.29, 0.717) is 6.10 Å². The predicted molar refractivity (Wildman–Crippen MR) is 112 cm³/mol. The van der Waals surface area contributed by atoms with Gasteiger partial charge < -0.3 is 24.0 Å². The van der Waals surface area contributed by atoms with E-state index in [2.05, 4.69) is 6.92 Å². The van der Waals surface area contributed by atoms with Gasteiger partial charge in [-0.25, -0.2) is 0 Å². The van der Waals surface area contributed by atoms with Crippen LogP contribution in [-0.2, 0) is 18.9 Å². The molecular formula is C22H42N2O4. The number of hydrogen-bond donors (Lipinski definition) is 0. The molecule has 6 heteroatoms. The molecule has 2 aliphatic rings. The molecule has 2 heterocycles. The Hall–Kier alpha value is -0.690. The lowest BCUT2D eigenvalue weighted by atomic mass is 10.0. The first kappa shape index (κ1) is 23.6. The van der Waals surface area contributed by atoms with Crippen molar-refractivity contribution in [2.75, 3.05) is 27.3 Å². The summed E-state index contributed by atoms with van der Waals surface area (Å²) >= 11 is 0. The molecule has 0 spiro atoms. The van der Waals surface area contributed by atoms with Gasteiger partial charge in [-0.2, -0.15) is 5.10 Å². The van der Waals surface area contributed by atoms with Crippen LogP contribution in [0, 0.1) is 0 Å². The zero-order valence-corrected chi connectivity index (χ0v) is 18.7.